The van der Waals surface area contributed by atoms with E-state index in [4.69, 9.17) is 0 Å². The first kappa shape index (κ1) is 20.4. The molecule has 2 unspecified atom stereocenters. The SMILES string of the molecule is CCCCN(CCCC(C)(NCCC)C(=O)O)C(C)CC. The number of carboxylic acid groups (broad SMARTS) is 1. The van der Waals surface area contributed by atoms with E-state index >= 15 is 0 Å². The first-order valence-electron chi connectivity index (χ1n) is 8.63. The molecule has 0 aliphatic rings. The van der Waals surface area contributed by atoms with Crippen LogP contribution in [0, 0.1) is 0 Å². The molecule has 0 aromatic rings. The topological polar surface area (TPSA) is 52.6 Å². The van der Waals surface area contributed by atoms with Crippen molar-refractivity contribution >= 4 is 5.97 Å². The zero-order valence-corrected chi connectivity index (χ0v) is 14.7. The Labute approximate surface area is 131 Å². The molecule has 0 aromatic heterocycles. The van der Waals surface area contributed by atoms with Gasteiger partial charge in [-0.25, -0.2) is 0 Å². The first-order valence-corrected chi connectivity index (χ1v) is 8.63. The van der Waals surface area contributed by atoms with Crippen molar-refractivity contribution < 1.29 is 9.90 Å². The fourth-order valence-electron chi connectivity index (χ4n) is 2.48. The van der Waals surface area contributed by atoms with Gasteiger partial charge in [0.2, 0.25) is 0 Å². The van der Waals surface area contributed by atoms with Gasteiger partial charge >= 0.3 is 5.97 Å². The van der Waals surface area contributed by atoms with Gasteiger partial charge in [0, 0.05) is 6.04 Å². The van der Waals surface area contributed by atoms with Gasteiger partial charge in [-0.05, 0) is 65.6 Å². The van der Waals surface area contributed by atoms with Crippen LogP contribution in [0.3, 0.4) is 0 Å². The fraction of sp³-hybridized carbons (Fsp3) is 0.941. The van der Waals surface area contributed by atoms with Gasteiger partial charge in [-0.1, -0.05) is 27.2 Å². The van der Waals surface area contributed by atoms with Gasteiger partial charge in [-0.2, -0.15) is 0 Å². The maximum absolute atomic E-state index is 11.5. The Bertz CT molecular complexity index is 284. The Hall–Kier alpha value is -0.610. The number of hydrogen-bond acceptors (Lipinski definition) is 3. The minimum Gasteiger partial charge on any atom is -0.480 e. The van der Waals surface area contributed by atoms with E-state index in [2.05, 4.69) is 37.9 Å². The summed E-state index contributed by atoms with van der Waals surface area (Å²) in [6, 6.07) is 0.580. The Morgan fingerprint density at radius 1 is 1.19 bits per heavy atom. The summed E-state index contributed by atoms with van der Waals surface area (Å²) >= 11 is 0. The highest BCUT2D eigenvalue weighted by atomic mass is 16.4. The standard InChI is InChI=1S/C17H36N2O2/c1-6-9-13-19(15(4)8-3)14-10-11-17(5,16(20)21)18-12-7-2/h15,18H,6-14H2,1-5H3,(H,20,21). The third-order valence-electron chi connectivity index (χ3n) is 4.37. The molecule has 0 spiro atoms. The lowest BCUT2D eigenvalue weighted by atomic mass is 9.95. The molecule has 4 nitrogen and oxygen atoms in total. The summed E-state index contributed by atoms with van der Waals surface area (Å²) < 4.78 is 0. The number of nitrogens with one attached hydrogen (secondary N) is 1. The molecule has 0 aromatic carbocycles. The van der Waals surface area contributed by atoms with Gasteiger partial charge in [0.05, 0.1) is 0 Å². The van der Waals surface area contributed by atoms with Crippen molar-refractivity contribution in [2.45, 2.75) is 84.7 Å². The summed E-state index contributed by atoms with van der Waals surface area (Å²) in [5, 5.41) is 12.6. The van der Waals surface area contributed by atoms with E-state index in [0.29, 0.717) is 12.5 Å². The van der Waals surface area contributed by atoms with Gasteiger partial charge in [0.25, 0.3) is 0 Å². The van der Waals surface area contributed by atoms with Gasteiger partial charge < -0.3 is 15.3 Å². The predicted molar refractivity (Wildman–Crippen MR) is 89.8 cm³/mol. The maximum atomic E-state index is 11.5. The van der Waals surface area contributed by atoms with E-state index in [0.717, 1.165) is 38.9 Å². The van der Waals surface area contributed by atoms with Gasteiger partial charge in [0.15, 0.2) is 0 Å². The van der Waals surface area contributed by atoms with E-state index < -0.39 is 11.5 Å². The lowest BCUT2D eigenvalue weighted by Gasteiger charge is -2.31. The number of unbranched alkanes of at least 4 members (excludes halogenated alkanes) is 1. The number of carbonyl (C=O) groups is 1. The molecule has 0 aliphatic heterocycles. The number of hydrogen-bond donors (Lipinski definition) is 2. The second-order valence-corrected chi connectivity index (χ2v) is 6.31. The minimum absolute atomic E-state index is 0.580. The zero-order chi connectivity index (χ0) is 16.3. The maximum Gasteiger partial charge on any atom is 0.323 e. The second kappa shape index (κ2) is 11.0. The average molecular weight is 300 g/mol. The van der Waals surface area contributed by atoms with Crippen LogP contribution in [0.2, 0.25) is 0 Å². The lowest BCUT2D eigenvalue weighted by Crippen LogP contribution is -2.50. The Morgan fingerprint density at radius 2 is 1.81 bits per heavy atom. The van der Waals surface area contributed by atoms with Crippen LogP contribution in [-0.2, 0) is 4.79 Å². The number of carboxylic acids is 1. The molecule has 0 aliphatic carbocycles. The Kier molecular flexibility index (Phi) is 10.7. The third-order valence-corrected chi connectivity index (χ3v) is 4.37. The monoisotopic (exact) mass is 300 g/mol. The normalized spacial score (nSPS) is 15.9. The van der Waals surface area contributed by atoms with Crippen molar-refractivity contribution in [2.24, 2.45) is 0 Å². The van der Waals surface area contributed by atoms with E-state index in [1.54, 1.807) is 0 Å². The molecule has 0 saturated heterocycles. The predicted octanol–water partition coefficient (Wildman–Crippen LogP) is 3.51. The molecule has 0 bridgehead atoms. The van der Waals surface area contributed by atoms with E-state index in [-0.39, 0.29) is 0 Å². The molecule has 0 saturated carbocycles. The van der Waals surface area contributed by atoms with Gasteiger partial charge in [-0.15, -0.1) is 0 Å². The molecule has 126 valence electrons. The van der Waals surface area contributed by atoms with Crippen molar-refractivity contribution in [3.63, 3.8) is 0 Å². The minimum atomic E-state index is -0.790. The zero-order valence-electron chi connectivity index (χ0n) is 14.7. The van der Waals surface area contributed by atoms with Crippen molar-refractivity contribution in [1.82, 2.24) is 10.2 Å². The molecule has 2 N–H and O–H groups in total. The van der Waals surface area contributed by atoms with Crippen molar-refractivity contribution in [2.75, 3.05) is 19.6 Å². The van der Waals surface area contributed by atoms with Crippen molar-refractivity contribution in [3.05, 3.63) is 0 Å². The van der Waals surface area contributed by atoms with Gasteiger partial charge in [0.1, 0.15) is 5.54 Å². The molecule has 0 radical (unpaired) electrons. The van der Waals surface area contributed by atoms with Crippen LogP contribution in [0.5, 0.6) is 0 Å². The molecule has 21 heavy (non-hydrogen) atoms. The summed E-state index contributed by atoms with van der Waals surface area (Å²) in [7, 11) is 0. The summed E-state index contributed by atoms with van der Waals surface area (Å²) in [5.74, 6) is -0.736. The molecule has 0 amide bonds. The van der Waals surface area contributed by atoms with Crippen LogP contribution in [0.15, 0.2) is 0 Å². The molecule has 4 heteroatoms. The Morgan fingerprint density at radius 3 is 2.29 bits per heavy atom. The van der Waals surface area contributed by atoms with Crippen LogP contribution >= 0.6 is 0 Å². The summed E-state index contributed by atoms with van der Waals surface area (Å²) in [6.45, 7) is 13.4. The number of rotatable bonds is 13. The average Bonchev–Trinajstić information content (AvgIpc) is 2.47. The third kappa shape index (κ3) is 7.82. The van der Waals surface area contributed by atoms with Crippen molar-refractivity contribution in [1.29, 1.82) is 0 Å². The fourth-order valence-corrected chi connectivity index (χ4v) is 2.48. The number of nitrogens with zero attached hydrogens (tertiary/aromatic N) is 1. The van der Waals surface area contributed by atoms with Crippen LogP contribution in [0.1, 0.15) is 73.1 Å². The summed E-state index contributed by atoms with van der Waals surface area (Å²) in [6.07, 6.45) is 6.13. The van der Waals surface area contributed by atoms with Crippen molar-refractivity contribution in [3.8, 4) is 0 Å². The second-order valence-electron chi connectivity index (χ2n) is 6.31. The van der Waals surface area contributed by atoms with E-state index in [9.17, 15) is 9.90 Å². The van der Waals surface area contributed by atoms with Crippen LogP contribution < -0.4 is 5.32 Å². The molecule has 0 heterocycles. The van der Waals surface area contributed by atoms with Gasteiger partial charge in [-0.3, -0.25) is 4.79 Å². The molecule has 0 rings (SSSR count). The highest BCUT2D eigenvalue weighted by Gasteiger charge is 2.31. The van der Waals surface area contributed by atoms with E-state index in [1.165, 1.54) is 12.8 Å². The molecule has 2 atom stereocenters. The first-order chi connectivity index (χ1) is 9.91. The quantitative estimate of drug-likeness (QED) is 0.546. The lowest BCUT2D eigenvalue weighted by molar-refractivity contribution is -0.144. The highest BCUT2D eigenvalue weighted by molar-refractivity contribution is 5.78. The van der Waals surface area contributed by atoms with Crippen LogP contribution in [-0.4, -0.2) is 47.2 Å². The smallest absolute Gasteiger partial charge is 0.323 e. The summed E-state index contributed by atoms with van der Waals surface area (Å²) in [4.78, 5) is 14.0. The Balaban J connectivity index is 4.39. The summed E-state index contributed by atoms with van der Waals surface area (Å²) in [5.41, 5.74) is -0.790. The highest BCUT2D eigenvalue weighted by Crippen LogP contribution is 2.15. The number of aliphatic carboxylic acids is 1. The van der Waals surface area contributed by atoms with Crippen LogP contribution in [0.25, 0.3) is 0 Å². The molecule has 0 fully saturated rings. The van der Waals surface area contributed by atoms with E-state index in [1.807, 2.05) is 6.92 Å². The molecular weight excluding hydrogens is 264 g/mol. The largest absolute Gasteiger partial charge is 0.480 e. The molecular formula is C17H36N2O2. The van der Waals surface area contributed by atoms with Crippen LogP contribution in [0.4, 0.5) is 0 Å².